The molecule has 1 aliphatic heterocycles. The van der Waals surface area contributed by atoms with Crippen molar-refractivity contribution in [3.05, 3.63) is 82.8 Å². The summed E-state index contributed by atoms with van der Waals surface area (Å²) in [4.78, 5) is 45.4. The van der Waals surface area contributed by atoms with Crippen molar-refractivity contribution in [2.24, 2.45) is 10.9 Å². The van der Waals surface area contributed by atoms with E-state index in [0.717, 1.165) is 11.3 Å². The van der Waals surface area contributed by atoms with E-state index in [1.807, 2.05) is 41.1 Å². The second-order valence-corrected chi connectivity index (χ2v) is 8.06. The number of amides is 2. The Bertz CT molecular complexity index is 1250. The van der Waals surface area contributed by atoms with Crippen LogP contribution in [0.5, 0.6) is 0 Å². The molecule has 174 valence electrons. The Kier molecular flexibility index (Phi) is 6.48. The number of aliphatic carboxylic acids is 1. The zero-order valence-electron chi connectivity index (χ0n) is 18.4. The van der Waals surface area contributed by atoms with Gasteiger partial charge in [-0.05, 0) is 18.9 Å². The molecule has 2 amide bonds. The van der Waals surface area contributed by atoms with E-state index in [4.69, 9.17) is 0 Å². The first kappa shape index (κ1) is 22.8. The number of carboxylic acid groups (broad SMARTS) is 1. The van der Waals surface area contributed by atoms with Crippen molar-refractivity contribution in [3.8, 4) is 11.3 Å². The number of imidazole rings is 1. The molecular formula is C24H23N5O5. The topological polar surface area (TPSA) is 131 Å². The summed E-state index contributed by atoms with van der Waals surface area (Å²) in [5.41, 5.74) is 2.22. The lowest BCUT2D eigenvalue weighted by atomic mass is 9.86. The van der Waals surface area contributed by atoms with Crippen molar-refractivity contribution < 1.29 is 19.6 Å². The number of urea groups is 1. The predicted molar refractivity (Wildman–Crippen MR) is 124 cm³/mol. The normalized spacial score (nSPS) is 18.0. The number of carboxylic acids is 1. The summed E-state index contributed by atoms with van der Waals surface area (Å²) in [7, 11) is 0. The molecule has 0 fully saturated rings. The highest BCUT2D eigenvalue weighted by Gasteiger charge is 2.42. The van der Waals surface area contributed by atoms with Crippen LogP contribution < -0.4 is 0 Å². The fraction of sp³-hybridized carbons (Fsp3) is 0.250. The number of nitro groups is 1. The van der Waals surface area contributed by atoms with Gasteiger partial charge in [0.2, 0.25) is 0 Å². The molecule has 2 unspecified atom stereocenters. The van der Waals surface area contributed by atoms with Crippen molar-refractivity contribution >= 4 is 23.4 Å². The maximum Gasteiger partial charge on any atom is 0.344 e. The number of non-ortho nitro benzene ring substituents is 1. The van der Waals surface area contributed by atoms with Gasteiger partial charge in [-0.2, -0.15) is 0 Å². The largest absolute Gasteiger partial charge is 0.481 e. The highest BCUT2D eigenvalue weighted by atomic mass is 16.6. The van der Waals surface area contributed by atoms with Crippen LogP contribution in [0.1, 0.15) is 24.9 Å². The number of hydrogen-bond acceptors (Lipinski definition) is 5. The van der Waals surface area contributed by atoms with Gasteiger partial charge in [-0.1, -0.05) is 42.5 Å². The van der Waals surface area contributed by atoms with E-state index in [1.165, 1.54) is 30.0 Å². The fourth-order valence-corrected chi connectivity index (χ4v) is 4.22. The molecule has 0 saturated carbocycles. The van der Waals surface area contributed by atoms with Crippen LogP contribution in [0.25, 0.3) is 11.3 Å². The SMILES string of the molecule is CC1=NC(=O)N(CCCn2cnc(-c3ccccc3)c2)C(c2cccc([N+](=O)[O-])c2)C1C(=O)O. The molecular weight excluding hydrogens is 438 g/mol. The molecule has 10 heteroatoms. The van der Waals surface area contributed by atoms with Gasteiger partial charge < -0.3 is 14.6 Å². The van der Waals surface area contributed by atoms with E-state index in [9.17, 15) is 24.8 Å². The highest BCUT2D eigenvalue weighted by Crippen LogP contribution is 2.35. The number of nitro benzene ring substituents is 1. The lowest BCUT2D eigenvalue weighted by Gasteiger charge is -2.37. The number of aliphatic imine (C=N–C) groups is 1. The zero-order valence-corrected chi connectivity index (χ0v) is 18.4. The van der Waals surface area contributed by atoms with Crippen LogP contribution in [-0.4, -0.2) is 48.7 Å². The van der Waals surface area contributed by atoms with E-state index in [0.29, 0.717) is 18.5 Å². The average molecular weight is 461 g/mol. The number of carbonyl (C=O) groups is 2. The number of carbonyl (C=O) groups excluding carboxylic acids is 1. The highest BCUT2D eigenvalue weighted by molar-refractivity contribution is 6.07. The fourth-order valence-electron chi connectivity index (χ4n) is 4.22. The summed E-state index contributed by atoms with van der Waals surface area (Å²) in [5, 5.41) is 21.1. The number of benzene rings is 2. The van der Waals surface area contributed by atoms with Crippen LogP contribution in [0.15, 0.2) is 72.1 Å². The molecule has 1 aromatic heterocycles. The minimum Gasteiger partial charge on any atom is -0.481 e. The minimum atomic E-state index is -1.14. The molecule has 0 spiro atoms. The van der Waals surface area contributed by atoms with Crippen molar-refractivity contribution in [2.45, 2.75) is 25.9 Å². The maximum atomic E-state index is 12.8. The molecule has 2 atom stereocenters. The second kappa shape index (κ2) is 9.65. The first-order chi connectivity index (χ1) is 16.3. The van der Waals surface area contributed by atoms with Gasteiger partial charge in [0, 0.05) is 42.7 Å². The number of nitrogens with zero attached hydrogens (tertiary/aromatic N) is 5. The molecule has 0 saturated heterocycles. The monoisotopic (exact) mass is 461 g/mol. The van der Waals surface area contributed by atoms with Crippen molar-refractivity contribution in [2.75, 3.05) is 6.54 Å². The van der Waals surface area contributed by atoms with Gasteiger partial charge in [-0.15, -0.1) is 0 Å². The molecule has 2 heterocycles. The molecule has 4 rings (SSSR count). The first-order valence-electron chi connectivity index (χ1n) is 10.8. The summed E-state index contributed by atoms with van der Waals surface area (Å²) in [6.45, 7) is 2.27. The van der Waals surface area contributed by atoms with Gasteiger partial charge in [-0.3, -0.25) is 14.9 Å². The van der Waals surface area contributed by atoms with Gasteiger partial charge >= 0.3 is 12.0 Å². The first-order valence-corrected chi connectivity index (χ1v) is 10.8. The van der Waals surface area contributed by atoms with E-state index >= 15 is 0 Å². The Hall–Kier alpha value is -4.34. The van der Waals surface area contributed by atoms with Crippen molar-refractivity contribution in [1.29, 1.82) is 0 Å². The average Bonchev–Trinajstić information content (AvgIpc) is 3.29. The lowest BCUT2D eigenvalue weighted by Crippen LogP contribution is -2.47. The predicted octanol–water partition coefficient (Wildman–Crippen LogP) is 4.19. The summed E-state index contributed by atoms with van der Waals surface area (Å²) in [6, 6.07) is 14.0. The molecule has 0 radical (unpaired) electrons. The van der Waals surface area contributed by atoms with Gasteiger partial charge in [0.05, 0.1) is 23.0 Å². The zero-order chi connectivity index (χ0) is 24.2. The second-order valence-electron chi connectivity index (χ2n) is 8.06. The number of aryl methyl sites for hydroxylation is 1. The maximum absolute atomic E-state index is 12.8. The Morgan fingerprint density at radius 2 is 1.91 bits per heavy atom. The van der Waals surface area contributed by atoms with Crippen molar-refractivity contribution in [1.82, 2.24) is 14.5 Å². The van der Waals surface area contributed by atoms with Crippen LogP contribution in [-0.2, 0) is 11.3 Å². The summed E-state index contributed by atoms with van der Waals surface area (Å²) in [5.74, 6) is -2.24. The van der Waals surface area contributed by atoms with Gasteiger partial charge in [0.1, 0.15) is 5.92 Å². The van der Waals surface area contributed by atoms with Crippen LogP contribution in [0.4, 0.5) is 10.5 Å². The Morgan fingerprint density at radius 1 is 1.15 bits per heavy atom. The molecule has 3 aromatic rings. The third-order valence-corrected chi connectivity index (χ3v) is 5.83. The summed E-state index contributed by atoms with van der Waals surface area (Å²) < 4.78 is 1.91. The summed E-state index contributed by atoms with van der Waals surface area (Å²) >= 11 is 0. The molecule has 0 bridgehead atoms. The molecule has 1 aliphatic rings. The van der Waals surface area contributed by atoms with E-state index < -0.39 is 28.9 Å². The Labute approximate surface area is 195 Å². The molecule has 0 aliphatic carbocycles. The Morgan fingerprint density at radius 3 is 2.62 bits per heavy atom. The molecule has 34 heavy (non-hydrogen) atoms. The number of rotatable bonds is 8. The third kappa shape index (κ3) is 4.70. The lowest BCUT2D eigenvalue weighted by molar-refractivity contribution is -0.385. The molecule has 2 aromatic carbocycles. The molecule has 10 nitrogen and oxygen atoms in total. The number of aromatic nitrogens is 2. The minimum absolute atomic E-state index is 0.166. The molecule has 1 N–H and O–H groups in total. The third-order valence-electron chi connectivity index (χ3n) is 5.83. The van der Waals surface area contributed by atoms with Gasteiger partial charge in [0.15, 0.2) is 0 Å². The smallest absolute Gasteiger partial charge is 0.344 e. The Balaban J connectivity index is 1.55. The van der Waals surface area contributed by atoms with Crippen molar-refractivity contribution in [3.63, 3.8) is 0 Å². The van der Waals surface area contributed by atoms with Crippen LogP contribution in [0.3, 0.4) is 0 Å². The van der Waals surface area contributed by atoms with E-state index in [-0.39, 0.29) is 17.9 Å². The van der Waals surface area contributed by atoms with Crippen LogP contribution >= 0.6 is 0 Å². The van der Waals surface area contributed by atoms with E-state index in [2.05, 4.69) is 9.98 Å². The van der Waals surface area contributed by atoms with Gasteiger partial charge in [-0.25, -0.2) is 14.8 Å². The van der Waals surface area contributed by atoms with Crippen LogP contribution in [0, 0.1) is 16.0 Å². The van der Waals surface area contributed by atoms with E-state index in [1.54, 1.807) is 12.4 Å². The standard InChI is InChI=1S/C24H23N5O5/c1-16-21(23(30)31)22(18-9-5-10-19(13-18)29(33)34)28(24(32)26-16)12-6-11-27-14-20(25-15-27)17-7-3-2-4-8-17/h2-5,7-10,13-15,21-22H,6,11-12H2,1H3,(H,30,31). The number of hydrogen-bond donors (Lipinski definition) is 1. The van der Waals surface area contributed by atoms with Crippen LogP contribution in [0.2, 0.25) is 0 Å². The quantitative estimate of drug-likeness (QED) is 0.395. The summed E-state index contributed by atoms with van der Waals surface area (Å²) in [6.07, 6.45) is 4.14. The van der Waals surface area contributed by atoms with Gasteiger partial charge in [0.25, 0.3) is 5.69 Å².